The summed E-state index contributed by atoms with van der Waals surface area (Å²) in [7, 11) is 0. The van der Waals surface area contributed by atoms with Crippen molar-refractivity contribution in [2.45, 2.75) is 13.3 Å². The number of para-hydroxylation sites is 1. The molecule has 1 heterocycles. The number of aromatic nitrogens is 1. The van der Waals surface area contributed by atoms with Crippen molar-refractivity contribution in [2.75, 3.05) is 5.73 Å². The summed E-state index contributed by atoms with van der Waals surface area (Å²) in [6.07, 6.45) is 0.332. The molecule has 0 bridgehead atoms. The van der Waals surface area contributed by atoms with Crippen LogP contribution in [0.4, 0.5) is 5.82 Å². The van der Waals surface area contributed by atoms with Crippen molar-refractivity contribution >= 4 is 22.7 Å². The molecule has 78 valence electrons. The number of benzene rings is 1. The second-order valence-electron chi connectivity index (χ2n) is 3.24. The zero-order valence-corrected chi connectivity index (χ0v) is 8.41. The van der Waals surface area contributed by atoms with Crippen molar-refractivity contribution in [3.8, 4) is 5.75 Å². The van der Waals surface area contributed by atoms with Crippen LogP contribution in [0.2, 0.25) is 0 Å². The molecule has 0 radical (unpaired) electrons. The van der Waals surface area contributed by atoms with Crippen molar-refractivity contribution in [2.24, 2.45) is 0 Å². The highest BCUT2D eigenvalue weighted by atomic mass is 16.5. The fourth-order valence-corrected chi connectivity index (χ4v) is 1.43. The minimum atomic E-state index is -0.286. The first-order chi connectivity index (χ1) is 7.22. The highest BCUT2D eigenvalue weighted by molar-refractivity contribution is 5.93. The van der Waals surface area contributed by atoms with Crippen LogP contribution in [0.3, 0.4) is 0 Å². The van der Waals surface area contributed by atoms with Crippen molar-refractivity contribution < 1.29 is 9.53 Å². The van der Waals surface area contributed by atoms with Crippen LogP contribution < -0.4 is 10.5 Å². The Bertz CT molecular complexity index is 502. The van der Waals surface area contributed by atoms with E-state index in [-0.39, 0.29) is 5.97 Å². The number of ether oxygens (including phenoxy) is 1. The minimum Gasteiger partial charge on any atom is -0.422 e. The largest absolute Gasteiger partial charge is 0.422 e. The maximum atomic E-state index is 11.2. The summed E-state index contributed by atoms with van der Waals surface area (Å²) >= 11 is 0. The lowest BCUT2D eigenvalue weighted by atomic mass is 10.2. The van der Waals surface area contributed by atoms with Gasteiger partial charge in [0.25, 0.3) is 0 Å². The van der Waals surface area contributed by atoms with Crippen molar-refractivity contribution in [3.05, 3.63) is 24.3 Å². The van der Waals surface area contributed by atoms with E-state index in [1.54, 1.807) is 6.92 Å². The first-order valence-electron chi connectivity index (χ1n) is 4.79. The van der Waals surface area contributed by atoms with E-state index in [1.807, 2.05) is 24.3 Å². The number of nitrogen functional groups attached to an aromatic ring is 1. The van der Waals surface area contributed by atoms with Crippen LogP contribution in [-0.4, -0.2) is 11.0 Å². The summed E-state index contributed by atoms with van der Waals surface area (Å²) < 4.78 is 5.15. The molecule has 0 saturated heterocycles. The van der Waals surface area contributed by atoms with Gasteiger partial charge >= 0.3 is 5.97 Å². The number of anilines is 1. The Morgan fingerprint density at radius 3 is 2.93 bits per heavy atom. The molecule has 0 aliphatic rings. The highest BCUT2D eigenvalue weighted by Gasteiger charge is 2.12. The summed E-state index contributed by atoms with van der Waals surface area (Å²) in [4.78, 5) is 14.1. The first kappa shape index (κ1) is 9.58. The molecule has 4 nitrogen and oxygen atoms in total. The number of nitrogens with two attached hydrogens (primary N) is 1. The summed E-state index contributed by atoms with van der Waals surface area (Å²) in [6.45, 7) is 1.74. The number of carbonyl (C=O) groups is 1. The third-order valence-corrected chi connectivity index (χ3v) is 2.19. The van der Waals surface area contributed by atoms with Gasteiger partial charge in [0.05, 0.1) is 5.52 Å². The van der Waals surface area contributed by atoms with Gasteiger partial charge in [0.2, 0.25) is 0 Å². The maximum Gasteiger partial charge on any atom is 0.311 e. The topological polar surface area (TPSA) is 68.1 Å². The van der Waals surface area contributed by atoms with Crippen molar-refractivity contribution in [1.29, 1.82) is 0 Å². The number of nitrogens with one attached hydrogen (secondary N) is 1. The quantitative estimate of drug-likeness (QED) is 0.736. The number of hydrogen-bond acceptors (Lipinski definition) is 3. The van der Waals surface area contributed by atoms with Gasteiger partial charge in [-0.1, -0.05) is 19.1 Å². The molecule has 4 heteroatoms. The second kappa shape index (κ2) is 3.65. The molecule has 0 atom stereocenters. The fourth-order valence-electron chi connectivity index (χ4n) is 1.43. The van der Waals surface area contributed by atoms with Gasteiger partial charge in [0, 0.05) is 11.8 Å². The van der Waals surface area contributed by atoms with E-state index in [1.165, 1.54) is 0 Å². The third-order valence-electron chi connectivity index (χ3n) is 2.19. The van der Waals surface area contributed by atoms with Gasteiger partial charge in [-0.05, 0) is 12.1 Å². The van der Waals surface area contributed by atoms with Crippen LogP contribution in [0, 0.1) is 0 Å². The van der Waals surface area contributed by atoms with E-state index in [0.29, 0.717) is 18.0 Å². The van der Waals surface area contributed by atoms with Crippen LogP contribution in [0.15, 0.2) is 24.3 Å². The third kappa shape index (κ3) is 1.66. The van der Waals surface area contributed by atoms with E-state index in [4.69, 9.17) is 10.5 Å². The molecule has 0 spiro atoms. The number of fused-ring (bicyclic) bond motifs is 1. The molecule has 0 fully saturated rings. The van der Waals surface area contributed by atoms with Gasteiger partial charge in [0.15, 0.2) is 5.75 Å². The normalized spacial score (nSPS) is 10.5. The highest BCUT2D eigenvalue weighted by Crippen LogP contribution is 2.31. The van der Waals surface area contributed by atoms with Gasteiger partial charge in [-0.2, -0.15) is 0 Å². The SMILES string of the molecule is CCC(=O)Oc1c(N)[nH]c2ccccc12. The zero-order chi connectivity index (χ0) is 10.8. The Morgan fingerprint density at radius 2 is 2.20 bits per heavy atom. The molecular weight excluding hydrogens is 192 g/mol. The monoisotopic (exact) mass is 204 g/mol. The smallest absolute Gasteiger partial charge is 0.311 e. The number of hydrogen-bond donors (Lipinski definition) is 2. The summed E-state index contributed by atoms with van der Waals surface area (Å²) in [5, 5.41) is 0.830. The molecule has 15 heavy (non-hydrogen) atoms. The lowest BCUT2D eigenvalue weighted by molar-refractivity contribution is -0.133. The lowest BCUT2D eigenvalue weighted by Crippen LogP contribution is -2.06. The number of rotatable bonds is 2. The second-order valence-corrected chi connectivity index (χ2v) is 3.24. The number of esters is 1. The van der Waals surface area contributed by atoms with Crippen LogP contribution in [0.25, 0.3) is 10.9 Å². The van der Waals surface area contributed by atoms with Gasteiger partial charge < -0.3 is 15.5 Å². The molecule has 0 aliphatic heterocycles. The predicted molar refractivity (Wildman–Crippen MR) is 58.6 cm³/mol. The molecule has 0 unspecified atom stereocenters. The lowest BCUT2D eigenvalue weighted by Gasteiger charge is -2.01. The molecule has 0 amide bonds. The van der Waals surface area contributed by atoms with Crippen LogP contribution in [0.5, 0.6) is 5.75 Å². The Morgan fingerprint density at radius 1 is 1.47 bits per heavy atom. The van der Waals surface area contributed by atoms with E-state index < -0.39 is 0 Å². The van der Waals surface area contributed by atoms with Crippen molar-refractivity contribution in [1.82, 2.24) is 4.98 Å². The van der Waals surface area contributed by atoms with E-state index in [0.717, 1.165) is 10.9 Å². The van der Waals surface area contributed by atoms with E-state index in [9.17, 15) is 4.79 Å². The van der Waals surface area contributed by atoms with Crippen LogP contribution in [0.1, 0.15) is 13.3 Å². The van der Waals surface area contributed by atoms with Gasteiger partial charge in [-0.3, -0.25) is 4.79 Å². The molecule has 1 aromatic heterocycles. The molecule has 2 aromatic rings. The average molecular weight is 204 g/mol. The van der Waals surface area contributed by atoms with Crippen LogP contribution >= 0.6 is 0 Å². The predicted octanol–water partition coefficient (Wildman–Crippen LogP) is 2.07. The molecular formula is C11H12N2O2. The Hall–Kier alpha value is -1.97. The zero-order valence-electron chi connectivity index (χ0n) is 8.41. The molecule has 0 saturated carbocycles. The van der Waals surface area contributed by atoms with Crippen LogP contribution in [-0.2, 0) is 4.79 Å². The van der Waals surface area contributed by atoms with E-state index >= 15 is 0 Å². The summed E-state index contributed by atoms with van der Waals surface area (Å²) in [6, 6.07) is 7.51. The molecule has 0 aliphatic carbocycles. The summed E-state index contributed by atoms with van der Waals surface area (Å²) in [5.74, 6) is 0.530. The van der Waals surface area contributed by atoms with Gasteiger partial charge in [-0.15, -0.1) is 0 Å². The minimum absolute atomic E-state index is 0.286. The molecule has 2 rings (SSSR count). The molecule has 3 N–H and O–H groups in total. The number of H-pyrrole nitrogens is 1. The maximum absolute atomic E-state index is 11.2. The van der Waals surface area contributed by atoms with E-state index in [2.05, 4.69) is 4.98 Å². The first-order valence-corrected chi connectivity index (χ1v) is 4.79. The Kier molecular flexibility index (Phi) is 2.33. The Labute approximate surface area is 87.0 Å². The van der Waals surface area contributed by atoms with Crippen molar-refractivity contribution in [3.63, 3.8) is 0 Å². The molecule has 1 aromatic carbocycles. The number of carbonyl (C=O) groups excluding carboxylic acids is 1. The standard InChI is InChI=1S/C11H12N2O2/c1-2-9(14)15-10-7-5-3-4-6-8(7)13-11(10)12/h3-6,13H,2,12H2,1H3. The Balaban J connectivity index is 2.49. The average Bonchev–Trinajstić information content (AvgIpc) is 2.55. The number of aromatic amines is 1. The fraction of sp³-hybridized carbons (Fsp3) is 0.182. The van der Waals surface area contributed by atoms with Gasteiger partial charge in [-0.25, -0.2) is 0 Å². The summed E-state index contributed by atoms with van der Waals surface area (Å²) in [5.41, 5.74) is 6.59. The van der Waals surface area contributed by atoms with Gasteiger partial charge in [0.1, 0.15) is 5.82 Å².